The summed E-state index contributed by atoms with van der Waals surface area (Å²) in [4.78, 5) is 18.5. The SMILES string of the molecule is O=C(NCC=C(Cl)Cl)C1CCCN(Cc2cccnc2)C1. The summed E-state index contributed by atoms with van der Waals surface area (Å²) in [5.74, 6) is 0.0923. The van der Waals surface area contributed by atoms with Crippen LogP contribution in [-0.4, -0.2) is 35.4 Å². The number of hydrogen-bond acceptors (Lipinski definition) is 3. The van der Waals surface area contributed by atoms with Crippen molar-refractivity contribution in [3.8, 4) is 0 Å². The van der Waals surface area contributed by atoms with Crippen LogP contribution in [0.25, 0.3) is 0 Å². The monoisotopic (exact) mass is 327 g/mol. The van der Waals surface area contributed by atoms with Gasteiger partial charge in [0.1, 0.15) is 4.49 Å². The third-order valence-corrected chi connectivity index (χ3v) is 3.85. The Morgan fingerprint density at radius 2 is 2.38 bits per heavy atom. The predicted octanol–water partition coefficient (Wildman–Crippen LogP) is 2.73. The van der Waals surface area contributed by atoms with E-state index in [1.807, 2.05) is 12.3 Å². The van der Waals surface area contributed by atoms with Gasteiger partial charge in [0.05, 0.1) is 5.92 Å². The van der Waals surface area contributed by atoms with Crippen molar-refractivity contribution in [1.29, 1.82) is 0 Å². The summed E-state index contributed by atoms with van der Waals surface area (Å²) < 4.78 is 0.178. The third-order valence-electron chi connectivity index (χ3n) is 3.54. The number of rotatable bonds is 5. The van der Waals surface area contributed by atoms with Crippen molar-refractivity contribution in [3.63, 3.8) is 0 Å². The Bertz CT molecular complexity index is 489. The highest BCUT2D eigenvalue weighted by molar-refractivity contribution is 6.55. The average Bonchev–Trinajstić information content (AvgIpc) is 2.48. The number of hydrogen-bond donors (Lipinski definition) is 1. The fourth-order valence-corrected chi connectivity index (χ4v) is 2.69. The fraction of sp³-hybridized carbons (Fsp3) is 0.467. The second-order valence-corrected chi connectivity index (χ2v) is 6.18. The first-order chi connectivity index (χ1) is 10.1. The first kappa shape index (κ1) is 16.3. The Balaban J connectivity index is 1.83. The number of carbonyl (C=O) groups is 1. The van der Waals surface area contributed by atoms with Gasteiger partial charge in [0.15, 0.2) is 0 Å². The standard InChI is InChI=1S/C15H19Cl2N3O/c16-14(17)5-7-19-15(21)13-4-2-8-20(11-13)10-12-3-1-6-18-9-12/h1,3,5-6,9,13H,2,4,7-8,10-11H2,(H,19,21). The highest BCUT2D eigenvalue weighted by Gasteiger charge is 2.25. The molecule has 1 aliphatic heterocycles. The van der Waals surface area contributed by atoms with E-state index in [0.717, 1.165) is 32.5 Å². The van der Waals surface area contributed by atoms with E-state index >= 15 is 0 Å². The lowest BCUT2D eigenvalue weighted by molar-refractivity contribution is -0.126. The molecular formula is C15H19Cl2N3O. The zero-order valence-electron chi connectivity index (χ0n) is 11.8. The van der Waals surface area contributed by atoms with Crippen LogP contribution in [0, 0.1) is 5.92 Å². The minimum Gasteiger partial charge on any atom is -0.352 e. The molecule has 1 unspecified atom stereocenters. The summed E-state index contributed by atoms with van der Waals surface area (Å²) >= 11 is 11.0. The lowest BCUT2D eigenvalue weighted by Crippen LogP contribution is -2.42. The van der Waals surface area contributed by atoms with Crippen molar-refractivity contribution in [1.82, 2.24) is 15.2 Å². The van der Waals surface area contributed by atoms with Crippen molar-refractivity contribution in [2.24, 2.45) is 5.92 Å². The van der Waals surface area contributed by atoms with Crippen LogP contribution in [0.15, 0.2) is 35.1 Å². The van der Waals surface area contributed by atoms with Crippen LogP contribution in [0.4, 0.5) is 0 Å². The smallest absolute Gasteiger partial charge is 0.224 e. The average molecular weight is 328 g/mol. The van der Waals surface area contributed by atoms with Gasteiger partial charge in [0, 0.05) is 32.0 Å². The van der Waals surface area contributed by atoms with Crippen molar-refractivity contribution >= 4 is 29.1 Å². The molecule has 0 bridgehead atoms. The zero-order valence-corrected chi connectivity index (χ0v) is 13.3. The summed E-state index contributed by atoms with van der Waals surface area (Å²) in [6.07, 6.45) is 7.18. The second-order valence-electron chi connectivity index (χ2n) is 5.17. The van der Waals surface area contributed by atoms with Gasteiger partial charge in [-0.3, -0.25) is 14.7 Å². The quantitative estimate of drug-likeness (QED) is 0.904. The Labute approximate surface area is 135 Å². The van der Waals surface area contributed by atoms with Gasteiger partial charge in [-0.2, -0.15) is 0 Å². The first-order valence-electron chi connectivity index (χ1n) is 7.05. The minimum absolute atomic E-state index is 0.0259. The molecule has 1 amide bonds. The minimum atomic E-state index is 0.0259. The van der Waals surface area contributed by atoms with E-state index < -0.39 is 0 Å². The molecule has 0 spiro atoms. The molecule has 1 aromatic rings. The second kappa shape index (κ2) is 8.37. The molecule has 1 saturated heterocycles. The van der Waals surface area contributed by atoms with Crippen LogP contribution < -0.4 is 5.32 Å². The highest BCUT2D eigenvalue weighted by atomic mass is 35.5. The van der Waals surface area contributed by atoms with Gasteiger partial charge in [-0.05, 0) is 37.1 Å². The number of pyridine rings is 1. The first-order valence-corrected chi connectivity index (χ1v) is 7.81. The molecule has 0 saturated carbocycles. The molecule has 1 atom stereocenters. The number of amides is 1. The maximum Gasteiger partial charge on any atom is 0.224 e. The van der Waals surface area contributed by atoms with Gasteiger partial charge in [-0.15, -0.1) is 0 Å². The number of nitrogens with one attached hydrogen (secondary N) is 1. The number of aromatic nitrogens is 1. The summed E-state index contributed by atoms with van der Waals surface area (Å²) in [5, 5.41) is 2.84. The van der Waals surface area contributed by atoms with Gasteiger partial charge in [-0.1, -0.05) is 29.3 Å². The number of piperidine rings is 1. The highest BCUT2D eigenvalue weighted by Crippen LogP contribution is 2.18. The Kier molecular flexibility index (Phi) is 6.49. The normalized spacial score (nSPS) is 19.0. The summed E-state index contributed by atoms with van der Waals surface area (Å²) in [5.41, 5.74) is 1.18. The molecule has 1 N–H and O–H groups in total. The number of halogens is 2. The van der Waals surface area contributed by atoms with E-state index in [9.17, 15) is 4.79 Å². The predicted molar refractivity (Wildman–Crippen MR) is 85.0 cm³/mol. The van der Waals surface area contributed by atoms with E-state index in [-0.39, 0.29) is 16.3 Å². The number of nitrogens with zero attached hydrogens (tertiary/aromatic N) is 2. The van der Waals surface area contributed by atoms with Crippen molar-refractivity contribution in [2.75, 3.05) is 19.6 Å². The number of likely N-dealkylation sites (tertiary alicyclic amines) is 1. The molecule has 4 nitrogen and oxygen atoms in total. The van der Waals surface area contributed by atoms with E-state index in [1.54, 1.807) is 12.3 Å². The van der Waals surface area contributed by atoms with Crippen LogP contribution in [0.2, 0.25) is 0 Å². The molecular weight excluding hydrogens is 309 g/mol. The molecule has 6 heteroatoms. The van der Waals surface area contributed by atoms with Crippen molar-refractivity contribution in [2.45, 2.75) is 19.4 Å². The van der Waals surface area contributed by atoms with Gasteiger partial charge in [0.2, 0.25) is 5.91 Å². The van der Waals surface area contributed by atoms with Gasteiger partial charge < -0.3 is 5.32 Å². The van der Waals surface area contributed by atoms with Crippen LogP contribution in [0.1, 0.15) is 18.4 Å². The molecule has 0 aliphatic carbocycles. The van der Waals surface area contributed by atoms with Gasteiger partial charge >= 0.3 is 0 Å². The van der Waals surface area contributed by atoms with Crippen LogP contribution in [0.3, 0.4) is 0 Å². The molecule has 114 valence electrons. The van der Waals surface area contributed by atoms with Crippen LogP contribution in [0.5, 0.6) is 0 Å². The van der Waals surface area contributed by atoms with E-state index in [4.69, 9.17) is 23.2 Å². The maximum absolute atomic E-state index is 12.1. The van der Waals surface area contributed by atoms with Gasteiger partial charge in [0.25, 0.3) is 0 Å². The largest absolute Gasteiger partial charge is 0.352 e. The molecule has 0 aromatic carbocycles. The van der Waals surface area contributed by atoms with E-state index in [1.165, 1.54) is 5.56 Å². The molecule has 2 rings (SSSR count). The molecule has 1 aliphatic rings. The maximum atomic E-state index is 12.1. The third kappa shape index (κ3) is 5.65. The zero-order chi connectivity index (χ0) is 15.1. The summed E-state index contributed by atoms with van der Waals surface area (Å²) in [7, 11) is 0. The molecule has 21 heavy (non-hydrogen) atoms. The Morgan fingerprint density at radius 1 is 1.52 bits per heavy atom. The fourth-order valence-electron chi connectivity index (χ4n) is 2.54. The molecule has 1 aromatic heterocycles. The lowest BCUT2D eigenvalue weighted by atomic mass is 9.97. The summed E-state index contributed by atoms with van der Waals surface area (Å²) in [6, 6.07) is 4.00. The summed E-state index contributed by atoms with van der Waals surface area (Å²) in [6.45, 7) is 3.01. The van der Waals surface area contributed by atoms with Crippen molar-refractivity contribution in [3.05, 3.63) is 40.7 Å². The van der Waals surface area contributed by atoms with E-state index in [0.29, 0.717) is 6.54 Å². The topological polar surface area (TPSA) is 45.2 Å². The van der Waals surface area contributed by atoms with E-state index in [2.05, 4.69) is 21.3 Å². The molecule has 1 fully saturated rings. The van der Waals surface area contributed by atoms with Gasteiger partial charge in [-0.25, -0.2) is 0 Å². The van der Waals surface area contributed by atoms with Crippen molar-refractivity contribution < 1.29 is 4.79 Å². The number of carbonyl (C=O) groups excluding carboxylic acids is 1. The van der Waals surface area contributed by atoms with Crippen LogP contribution in [-0.2, 0) is 11.3 Å². The Morgan fingerprint density at radius 3 is 3.10 bits per heavy atom. The molecule has 2 heterocycles. The molecule has 0 radical (unpaired) electrons. The Hall–Kier alpha value is -1.10. The lowest BCUT2D eigenvalue weighted by Gasteiger charge is -2.31. The van der Waals surface area contributed by atoms with Crippen LogP contribution >= 0.6 is 23.2 Å².